The number of aromatic nitrogens is 4. The maximum Gasteiger partial charge on any atom is 0.135 e. The summed E-state index contributed by atoms with van der Waals surface area (Å²) >= 11 is 0. The van der Waals surface area contributed by atoms with Gasteiger partial charge in [0.05, 0.1) is 0 Å². The second-order valence-electron chi connectivity index (χ2n) is 14.2. The molecule has 1 aliphatic heterocycles. The first-order chi connectivity index (χ1) is 22.5. The summed E-state index contributed by atoms with van der Waals surface area (Å²) in [6, 6.07) is 36.6. The topological polar surface area (TPSA) is 48.1 Å². The molecule has 0 unspecified atom stereocenters. The van der Waals surface area contributed by atoms with E-state index in [1.807, 2.05) is 35.3 Å². The van der Waals surface area contributed by atoms with Crippen molar-refractivity contribution in [1.82, 2.24) is 19.1 Å². The third-order valence-electron chi connectivity index (χ3n) is 8.89. The molecule has 0 radical (unpaired) electrons. The average Bonchev–Trinajstić information content (AvgIpc) is 3.66. The summed E-state index contributed by atoms with van der Waals surface area (Å²) in [4.78, 5) is 11.6. The van der Waals surface area contributed by atoms with Crippen LogP contribution >= 0.6 is 0 Å². The molecule has 7 heteroatoms. The molecule has 8 rings (SSSR count). The quantitative estimate of drug-likeness (QED) is 0.166. The van der Waals surface area contributed by atoms with Crippen molar-refractivity contribution < 1.29 is 25.8 Å². The van der Waals surface area contributed by atoms with Crippen LogP contribution in [0.1, 0.15) is 52.7 Å². The van der Waals surface area contributed by atoms with Crippen LogP contribution in [0.5, 0.6) is 11.5 Å². The number of hydrogen-bond acceptors (Lipinski definition) is 4. The Morgan fingerprint density at radius 3 is 2.29 bits per heavy atom. The Morgan fingerprint density at radius 2 is 1.48 bits per heavy atom. The zero-order valence-corrected chi connectivity index (χ0v) is 30.1. The number of rotatable bonds is 4. The van der Waals surface area contributed by atoms with Gasteiger partial charge >= 0.3 is 0 Å². The fourth-order valence-corrected chi connectivity index (χ4v) is 6.31. The summed E-state index contributed by atoms with van der Waals surface area (Å²) in [5.74, 6) is 3.02. The molecule has 244 valence electrons. The van der Waals surface area contributed by atoms with Gasteiger partial charge in [-0.25, -0.2) is 4.98 Å². The van der Waals surface area contributed by atoms with Crippen LogP contribution in [0, 0.1) is 18.8 Å². The maximum absolute atomic E-state index is 6.66. The van der Waals surface area contributed by atoms with Crippen LogP contribution in [0.3, 0.4) is 0 Å². The van der Waals surface area contributed by atoms with Gasteiger partial charge in [-0.2, -0.15) is 6.07 Å². The Kier molecular flexibility index (Phi) is 7.75. The number of pyridine rings is 1. The molecule has 0 N–H and O–H groups in total. The Bertz CT molecular complexity index is 2300. The van der Waals surface area contributed by atoms with Crippen molar-refractivity contribution in [3.05, 3.63) is 133 Å². The van der Waals surface area contributed by atoms with Crippen molar-refractivity contribution in [2.75, 3.05) is 4.90 Å². The van der Waals surface area contributed by atoms with Gasteiger partial charge in [0.2, 0.25) is 0 Å². The molecule has 3 aromatic heterocycles. The van der Waals surface area contributed by atoms with Crippen LogP contribution in [0.15, 0.2) is 104 Å². The molecule has 0 saturated carbocycles. The normalized spacial score (nSPS) is 12.8. The average molecular weight is 810 g/mol. The van der Waals surface area contributed by atoms with E-state index >= 15 is 0 Å². The molecule has 4 aromatic carbocycles. The van der Waals surface area contributed by atoms with Gasteiger partial charge in [-0.15, -0.1) is 41.3 Å². The van der Waals surface area contributed by atoms with Gasteiger partial charge in [-0.1, -0.05) is 95.3 Å². The molecule has 4 heterocycles. The Morgan fingerprint density at radius 1 is 0.708 bits per heavy atom. The number of ether oxygens (including phenoxy) is 1. The molecule has 48 heavy (non-hydrogen) atoms. The van der Waals surface area contributed by atoms with Crippen LogP contribution in [-0.2, 0) is 31.9 Å². The number of benzene rings is 4. The van der Waals surface area contributed by atoms with Gasteiger partial charge in [-0.3, -0.25) is 0 Å². The Balaban J connectivity index is 0.00000364. The molecule has 7 aromatic rings. The fraction of sp³-hybridized carbons (Fsp3) is 0.195. The minimum Gasteiger partial charge on any atom is -0.509 e. The number of para-hydroxylation sites is 2. The molecular formula is C41H36N5OPt-3. The summed E-state index contributed by atoms with van der Waals surface area (Å²) in [6.45, 7) is 15.4. The van der Waals surface area contributed by atoms with E-state index in [1.54, 1.807) is 0 Å². The first-order valence-corrected chi connectivity index (χ1v) is 16.0. The van der Waals surface area contributed by atoms with Crippen molar-refractivity contribution in [2.24, 2.45) is 0 Å². The van der Waals surface area contributed by atoms with E-state index in [4.69, 9.17) is 9.72 Å². The molecule has 0 amide bonds. The molecule has 1 aliphatic rings. The van der Waals surface area contributed by atoms with Crippen molar-refractivity contribution in [3.63, 3.8) is 0 Å². The molecule has 0 aliphatic carbocycles. The monoisotopic (exact) mass is 809 g/mol. The summed E-state index contributed by atoms with van der Waals surface area (Å²) in [5, 5.41) is 2.25. The maximum atomic E-state index is 6.66. The Labute approximate surface area is 296 Å². The van der Waals surface area contributed by atoms with Gasteiger partial charge in [0, 0.05) is 55.8 Å². The van der Waals surface area contributed by atoms with Crippen LogP contribution in [0.4, 0.5) is 11.4 Å². The summed E-state index contributed by atoms with van der Waals surface area (Å²) < 4.78 is 10.9. The fourth-order valence-electron chi connectivity index (χ4n) is 6.31. The van der Waals surface area contributed by atoms with Crippen LogP contribution in [0.25, 0.3) is 39.0 Å². The van der Waals surface area contributed by atoms with Crippen molar-refractivity contribution in [1.29, 1.82) is 0 Å². The predicted molar refractivity (Wildman–Crippen MR) is 190 cm³/mol. The number of fused-ring (bicyclic) bond motifs is 6. The summed E-state index contributed by atoms with van der Waals surface area (Å²) in [6.07, 6.45) is 5.70. The zero-order chi connectivity index (χ0) is 32.5. The van der Waals surface area contributed by atoms with Crippen molar-refractivity contribution in [3.8, 4) is 28.7 Å². The third kappa shape index (κ3) is 5.48. The predicted octanol–water partition coefficient (Wildman–Crippen LogP) is 10.1. The van der Waals surface area contributed by atoms with E-state index < -0.39 is 0 Å². The summed E-state index contributed by atoms with van der Waals surface area (Å²) in [5.41, 5.74) is 7.22. The van der Waals surface area contributed by atoms with E-state index in [2.05, 4.69) is 148 Å². The molecule has 0 spiro atoms. The third-order valence-corrected chi connectivity index (χ3v) is 8.89. The Hall–Kier alpha value is -4.80. The number of imidazole rings is 1. The van der Waals surface area contributed by atoms with E-state index in [9.17, 15) is 0 Å². The second kappa shape index (κ2) is 11.7. The molecular weight excluding hydrogens is 774 g/mol. The number of anilines is 2. The van der Waals surface area contributed by atoms with E-state index in [-0.39, 0.29) is 31.9 Å². The second-order valence-corrected chi connectivity index (χ2v) is 14.2. The minimum atomic E-state index is -0.124. The van der Waals surface area contributed by atoms with E-state index in [1.165, 1.54) is 5.56 Å². The molecule has 0 bridgehead atoms. The van der Waals surface area contributed by atoms with Crippen molar-refractivity contribution >= 4 is 33.2 Å². The number of hydrogen-bond donors (Lipinski definition) is 0. The van der Waals surface area contributed by atoms with Gasteiger partial charge in [0.1, 0.15) is 5.82 Å². The van der Waals surface area contributed by atoms with Crippen molar-refractivity contribution in [2.45, 2.75) is 52.4 Å². The molecule has 6 nitrogen and oxygen atoms in total. The first kappa shape index (κ1) is 31.8. The van der Waals surface area contributed by atoms with Gasteiger partial charge in [-0.05, 0) is 64.5 Å². The minimum absolute atomic E-state index is 0. The van der Waals surface area contributed by atoms with Crippen LogP contribution in [0.2, 0.25) is 0 Å². The summed E-state index contributed by atoms with van der Waals surface area (Å²) in [7, 11) is 0. The zero-order valence-electron chi connectivity index (χ0n) is 27.9. The van der Waals surface area contributed by atoms with Crippen LogP contribution in [-0.4, -0.2) is 19.1 Å². The number of nitrogens with zero attached hydrogens (tertiary/aromatic N) is 5. The molecule has 0 atom stereocenters. The van der Waals surface area contributed by atoms with Crippen LogP contribution < -0.4 is 9.64 Å². The van der Waals surface area contributed by atoms with E-state index in [0.29, 0.717) is 11.5 Å². The molecule has 0 saturated heterocycles. The SMILES string of the molecule is CC(C)(C)c1cc(Oc2[c-]c3c(cc2)c2ccccc2n3-c2cc(C(C)(C)C)ccn2)[c-]c(N2[CH-]n3ccnc3-c3ccccc32)c1.[Pt]. The molecule has 0 fully saturated rings. The smallest absolute Gasteiger partial charge is 0.135 e. The van der Waals surface area contributed by atoms with Gasteiger partial charge < -0.3 is 23.8 Å². The van der Waals surface area contributed by atoms with Gasteiger partial charge in [0.25, 0.3) is 0 Å². The van der Waals surface area contributed by atoms with Gasteiger partial charge in [0.15, 0.2) is 0 Å². The van der Waals surface area contributed by atoms with E-state index in [0.717, 1.165) is 55.9 Å². The standard InChI is InChI=1S/C41H36N5O.Pt/c1-40(2,3)27-17-18-42-38(23-27)46-36-14-10-7-11-32(36)33-16-15-30(25-37(33)46)47-31-22-28(41(4,5)6)21-29(24-31)45-26-44-20-19-43-39(44)34-12-8-9-13-35(34)45;/h7-23,26H,1-6H3;/q-3;. The largest absolute Gasteiger partial charge is 0.509 e. The first-order valence-electron chi connectivity index (χ1n) is 16.0.